The van der Waals surface area contributed by atoms with Gasteiger partial charge in [0.1, 0.15) is 17.1 Å². The maximum Gasteiger partial charge on any atom is 0.154 e. The maximum absolute atomic E-state index is 5.89. The number of anilines is 1. The van der Waals surface area contributed by atoms with Crippen molar-refractivity contribution in [3.05, 3.63) is 47.4 Å². The molecule has 5 heteroatoms. The Bertz CT molecular complexity index is 662. The second-order valence-electron chi connectivity index (χ2n) is 6.29. The SMILES string of the molecule is CC(COc1cccn(C(C)(C)C)c1=S)Nc1ccccn1. The molecule has 0 bridgehead atoms. The molecule has 0 aliphatic carbocycles. The second kappa shape index (κ2) is 6.92. The summed E-state index contributed by atoms with van der Waals surface area (Å²) in [7, 11) is 0. The van der Waals surface area contributed by atoms with Crippen LogP contribution in [0.4, 0.5) is 5.82 Å². The molecule has 4 nitrogen and oxygen atoms in total. The van der Waals surface area contributed by atoms with Crippen LogP contribution in [0.15, 0.2) is 42.7 Å². The Morgan fingerprint density at radius 2 is 2.05 bits per heavy atom. The fraction of sp³-hybridized carbons (Fsp3) is 0.412. The van der Waals surface area contributed by atoms with E-state index in [1.165, 1.54) is 0 Å². The van der Waals surface area contributed by atoms with Gasteiger partial charge in [0.05, 0.1) is 6.04 Å². The van der Waals surface area contributed by atoms with Crippen molar-refractivity contribution in [1.82, 2.24) is 9.55 Å². The van der Waals surface area contributed by atoms with Crippen LogP contribution in [-0.2, 0) is 5.54 Å². The van der Waals surface area contributed by atoms with Gasteiger partial charge in [-0.3, -0.25) is 0 Å². The molecular formula is C17H23N3OS. The Kier molecular flexibility index (Phi) is 5.19. The van der Waals surface area contributed by atoms with Crippen LogP contribution in [0.5, 0.6) is 5.75 Å². The average Bonchev–Trinajstić information content (AvgIpc) is 2.46. The van der Waals surface area contributed by atoms with Crippen molar-refractivity contribution in [3.63, 3.8) is 0 Å². The highest BCUT2D eigenvalue weighted by molar-refractivity contribution is 7.71. The minimum atomic E-state index is -0.0612. The molecule has 0 saturated carbocycles. The molecule has 0 amide bonds. The van der Waals surface area contributed by atoms with Gasteiger partial charge in [0.2, 0.25) is 0 Å². The predicted octanol–water partition coefficient (Wildman–Crippen LogP) is 4.25. The first-order valence-corrected chi connectivity index (χ1v) is 7.81. The molecule has 0 aromatic carbocycles. The van der Waals surface area contributed by atoms with E-state index in [2.05, 4.69) is 42.6 Å². The third-order valence-electron chi connectivity index (χ3n) is 3.18. The first-order valence-electron chi connectivity index (χ1n) is 7.40. The number of aromatic nitrogens is 2. The van der Waals surface area contributed by atoms with Crippen molar-refractivity contribution >= 4 is 18.0 Å². The van der Waals surface area contributed by atoms with Gasteiger partial charge in [0.15, 0.2) is 5.75 Å². The molecule has 2 aromatic heterocycles. The van der Waals surface area contributed by atoms with Crippen LogP contribution in [0, 0.1) is 4.64 Å². The normalized spacial score (nSPS) is 12.7. The first-order chi connectivity index (χ1) is 10.4. The van der Waals surface area contributed by atoms with Crippen LogP contribution in [0.1, 0.15) is 27.7 Å². The maximum atomic E-state index is 5.89. The van der Waals surface area contributed by atoms with E-state index in [1.807, 2.05) is 36.5 Å². The van der Waals surface area contributed by atoms with Gasteiger partial charge in [-0.15, -0.1) is 0 Å². The zero-order valence-corrected chi connectivity index (χ0v) is 14.4. The highest BCUT2D eigenvalue weighted by Crippen LogP contribution is 2.21. The largest absolute Gasteiger partial charge is 0.488 e. The topological polar surface area (TPSA) is 39.1 Å². The van der Waals surface area contributed by atoms with Gasteiger partial charge in [-0.05, 0) is 52.0 Å². The molecule has 0 saturated heterocycles. The van der Waals surface area contributed by atoms with Crippen molar-refractivity contribution in [2.45, 2.75) is 39.3 Å². The van der Waals surface area contributed by atoms with Crippen LogP contribution < -0.4 is 10.1 Å². The monoisotopic (exact) mass is 317 g/mol. The molecule has 1 unspecified atom stereocenters. The average molecular weight is 317 g/mol. The van der Waals surface area contributed by atoms with E-state index < -0.39 is 0 Å². The van der Waals surface area contributed by atoms with Crippen LogP contribution in [0.3, 0.4) is 0 Å². The minimum Gasteiger partial charge on any atom is -0.488 e. The van der Waals surface area contributed by atoms with E-state index in [1.54, 1.807) is 6.20 Å². The number of nitrogens with one attached hydrogen (secondary N) is 1. The van der Waals surface area contributed by atoms with E-state index in [4.69, 9.17) is 17.0 Å². The third kappa shape index (κ3) is 4.31. The molecule has 0 spiro atoms. The highest BCUT2D eigenvalue weighted by Gasteiger charge is 2.14. The molecule has 118 valence electrons. The molecule has 0 aliphatic rings. The molecule has 0 radical (unpaired) electrons. The Hall–Kier alpha value is -1.88. The van der Waals surface area contributed by atoms with E-state index in [-0.39, 0.29) is 11.6 Å². The molecule has 1 atom stereocenters. The third-order valence-corrected chi connectivity index (χ3v) is 3.58. The number of hydrogen-bond acceptors (Lipinski definition) is 4. The van der Waals surface area contributed by atoms with Gasteiger partial charge in [0.25, 0.3) is 0 Å². The van der Waals surface area contributed by atoms with Crippen LogP contribution in [0.25, 0.3) is 0 Å². The predicted molar refractivity (Wildman–Crippen MR) is 93.1 cm³/mol. The lowest BCUT2D eigenvalue weighted by Gasteiger charge is -2.24. The fourth-order valence-corrected chi connectivity index (χ4v) is 2.53. The number of rotatable bonds is 5. The number of pyridine rings is 2. The standard InChI is InChI=1S/C17H23N3OS/c1-13(19-15-9-5-6-10-18-15)12-21-14-8-7-11-20(16(14)22)17(2,3)4/h5-11,13H,12H2,1-4H3,(H,18,19). The fourth-order valence-electron chi connectivity index (χ4n) is 2.07. The zero-order valence-electron chi connectivity index (χ0n) is 13.5. The molecular weight excluding hydrogens is 294 g/mol. The second-order valence-corrected chi connectivity index (χ2v) is 6.68. The van der Waals surface area contributed by atoms with Crippen LogP contribution in [-0.4, -0.2) is 22.2 Å². The zero-order chi connectivity index (χ0) is 16.2. The summed E-state index contributed by atoms with van der Waals surface area (Å²) in [6.07, 6.45) is 3.76. The summed E-state index contributed by atoms with van der Waals surface area (Å²) in [5.74, 6) is 1.58. The van der Waals surface area contributed by atoms with Crippen molar-refractivity contribution in [2.75, 3.05) is 11.9 Å². The Morgan fingerprint density at radius 3 is 2.68 bits per heavy atom. The Labute approximate surface area is 137 Å². The minimum absolute atomic E-state index is 0.0612. The Morgan fingerprint density at radius 1 is 1.27 bits per heavy atom. The van der Waals surface area contributed by atoms with E-state index in [9.17, 15) is 0 Å². The number of hydrogen-bond donors (Lipinski definition) is 1. The first kappa shape index (κ1) is 16.5. The summed E-state index contributed by atoms with van der Waals surface area (Å²) in [5, 5.41) is 3.30. The van der Waals surface area contributed by atoms with Gasteiger partial charge in [0, 0.05) is 17.9 Å². The van der Waals surface area contributed by atoms with Crippen molar-refractivity contribution < 1.29 is 4.74 Å². The summed E-state index contributed by atoms with van der Waals surface area (Å²) in [5.41, 5.74) is -0.0612. The van der Waals surface area contributed by atoms with Crippen molar-refractivity contribution in [3.8, 4) is 5.75 Å². The van der Waals surface area contributed by atoms with Crippen LogP contribution >= 0.6 is 12.2 Å². The van der Waals surface area contributed by atoms with Gasteiger partial charge < -0.3 is 14.6 Å². The number of nitrogens with zero attached hydrogens (tertiary/aromatic N) is 2. The lowest BCUT2D eigenvalue weighted by Crippen LogP contribution is -2.25. The van der Waals surface area contributed by atoms with Crippen molar-refractivity contribution in [1.29, 1.82) is 0 Å². The summed E-state index contributed by atoms with van der Waals surface area (Å²) < 4.78 is 8.66. The smallest absolute Gasteiger partial charge is 0.154 e. The quantitative estimate of drug-likeness (QED) is 0.837. The lowest BCUT2D eigenvalue weighted by atomic mass is 10.1. The van der Waals surface area contributed by atoms with Gasteiger partial charge in [-0.2, -0.15) is 0 Å². The molecule has 0 aliphatic heterocycles. The summed E-state index contributed by atoms with van der Waals surface area (Å²) in [6.45, 7) is 8.94. The van der Waals surface area contributed by atoms with E-state index >= 15 is 0 Å². The molecule has 2 heterocycles. The molecule has 2 rings (SSSR count). The Balaban J connectivity index is 2.01. The summed E-state index contributed by atoms with van der Waals surface area (Å²) in [4.78, 5) is 4.25. The number of ether oxygens (including phenoxy) is 1. The molecule has 22 heavy (non-hydrogen) atoms. The van der Waals surface area contributed by atoms with E-state index in [0.717, 1.165) is 16.2 Å². The summed E-state index contributed by atoms with van der Waals surface area (Å²) >= 11 is 5.53. The lowest BCUT2D eigenvalue weighted by molar-refractivity contribution is 0.292. The van der Waals surface area contributed by atoms with E-state index in [0.29, 0.717) is 6.61 Å². The molecule has 2 aromatic rings. The van der Waals surface area contributed by atoms with Crippen LogP contribution in [0.2, 0.25) is 0 Å². The van der Waals surface area contributed by atoms with Crippen molar-refractivity contribution in [2.24, 2.45) is 0 Å². The highest BCUT2D eigenvalue weighted by atomic mass is 32.1. The molecule has 1 N–H and O–H groups in total. The van der Waals surface area contributed by atoms with Gasteiger partial charge in [-0.25, -0.2) is 4.98 Å². The summed E-state index contributed by atoms with van der Waals surface area (Å²) in [6, 6.07) is 9.79. The molecule has 0 fully saturated rings. The van der Waals surface area contributed by atoms with Gasteiger partial charge in [-0.1, -0.05) is 18.3 Å². The van der Waals surface area contributed by atoms with Gasteiger partial charge >= 0.3 is 0 Å².